The SMILES string of the molecule is Cc1ccc(C(=O)OC(C)C(=O)Nc2ccc(Cl)cc2C(F)(F)F)c(O)c1O. The molecule has 28 heavy (non-hydrogen) atoms. The number of alkyl halides is 3. The molecule has 0 fully saturated rings. The molecule has 2 aromatic carbocycles. The molecule has 10 heteroatoms. The van der Waals surface area contributed by atoms with E-state index in [2.05, 4.69) is 0 Å². The van der Waals surface area contributed by atoms with Crippen molar-refractivity contribution < 1.29 is 37.7 Å². The van der Waals surface area contributed by atoms with E-state index in [1.165, 1.54) is 19.1 Å². The van der Waals surface area contributed by atoms with Gasteiger partial charge in [0.1, 0.15) is 5.56 Å². The van der Waals surface area contributed by atoms with Gasteiger partial charge in [0, 0.05) is 5.02 Å². The van der Waals surface area contributed by atoms with E-state index in [0.717, 1.165) is 19.1 Å². The lowest BCUT2D eigenvalue weighted by Crippen LogP contribution is -2.30. The first kappa shape index (κ1) is 21.4. The lowest BCUT2D eigenvalue weighted by molar-refractivity contribution is -0.137. The zero-order valence-electron chi connectivity index (χ0n) is 14.6. The summed E-state index contributed by atoms with van der Waals surface area (Å²) in [6, 6.07) is 5.32. The second-order valence-corrected chi connectivity index (χ2v) is 6.29. The van der Waals surface area contributed by atoms with E-state index < -0.39 is 52.5 Å². The van der Waals surface area contributed by atoms with Crippen LogP contribution in [0.4, 0.5) is 18.9 Å². The van der Waals surface area contributed by atoms with Crippen LogP contribution in [0.15, 0.2) is 30.3 Å². The Balaban J connectivity index is 2.16. The van der Waals surface area contributed by atoms with E-state index >= 15 is 0 Å². The van der Waals surface area contributed by atoms with Crippen LogP contribution in [0.1, 0.15) is 28.4 Å². The Morgan fingerprint density at radius 2 is 1.79 bits per heavy atom. The summed E-state index contributed by atoms with van der Waals surface area (Å²) < 4.78 is 44.1. The highest BCUT2D eigenvalue weighted by Crippen LogP contribution is 2.37. The molecular formula is C18H15ClF3NO5. The molecule has 0 aromatic heterocycles. The van der Waals surface area contributed by atoms with Crippen LogP contribution in [0.5, 0.6) is 11.5 Å². The number of hydrogen-bond acceptors (Lipinski definition) is 5. The topological polar surface area (TPSA) is 95.9 Å². The van der Waals surface area contributed by atoms with Crippen molar-refractivity contribution in [1.29, 1.82) is 0 Å². The Kier molecular flexibility index (Phi) is 6.08. The van der Waals surface area contributed by atoms with Crippen LogP contribution in [0.3, 0.4) is 0 Å². The predicted octanol–water partition coefficient (Wildman–Crippen LogP) is 4.26. The first-order valence-corrected chi connectivity index (χ1v) is 8.19. The van der Waals surface area contributed by atoms with Gasteiger partial charge < -0.3 is 20.3 Å². The fourth-order valence-corrected chi connectivity index (χ4v) is 2.39. The first-order valence-electron chi connectivity index (χ1n) is 7.82. The summed E-state index contributed by atoms with van der Waals surface area (Å²) in [6.07, 6.45) is -6.26. The van der Waals surface area contributed by atoms with Crippen molar-refractivity contribution in [2.24, 2.45) is 0 Å². The van der Waals surface area contributed by atoms with Gasteiger partial charge >= 0.3 is 12.1 Å². The van der Waals surface area contributed by atoms with Gasteiger partial charge in [-0.15, -0.1) is 0 Å². The molecule has 0 aliphatic heterocycles. The van der Waals surface area contributed by atoms with E-state index in [9.17, 15) is 33.0 Å². The number of esters is 1. The summed E-state index contributed by atoms with van der Waals surface area (Å²) in [5.41, 5.74) is -1.80. The fraction of sp³-hybridized carbons (Fsp3) is 0.222. The van der Waals surface area contributed by atoms with Crippen molar-refractivity contribution in [3.05, 3.63) is 52.0 Å². The highest BCUT2D eigenvalue weighted by Gasteiger charge is 2.35. The molecule has 0 saturated heterocycles. The Hall–Kier alpha value is -2.94. The Bertz CT molecular complexity index is 930. The molecule has 3 N–H and O–H groups in total. The van der Waals surface area contributed by atoms with Crippen LogP contribution < -0.4 is 5.32 Å². The third-order valence-corrected chi connectivity index (χ3v) is 4.01. The molecule has 1 unspecified atom stereocenters. The molecule has 0 aliphatic rings. The van der Waals surface area contributed by atoms with E-state index in [1.54, 1.807) is 0 Å². The third kappa shape index (κ3) is 4.66. The summed E-state index contributed by atoms with van der Waals surface area (Å²) in [7, 11) is 0. The van der Waals surface area contributed by atoms with Gasteiger partial charge in [0.15, 0.2) is 17.6 Å². The number of halogens is 4. The predicted molar refractivity (Wildman–Crippen MR) is 94.5 cm³/mol. The van der Waals surface area contributed by atoms with Gasteiger partial charge in [-0.3, -0.25) is 4.79 Å². The Morgan fingerprint density at radius 1 is 1.14 bits per heavy atom. The molecule has 1 amide bonds. The highest BCUT2D eigenvalue weighted by molar-refractivity contribution is 6.30. The first-order chi connectivity index (χ1) is 12.9. The quantitative estimate of drug-likeness (QED) is 0.510. The molecule has 0 saturated carbocycles. The largest absolute Gasteiger partial charge is 0.504 e. The number of nitrogens with one attached hydrogen (secondary N) is 1. The monoisotopic (exact) mass is 417 g/mol. The average molecular weight is 418 g/mol. The number of hydrogen-bond donors (Lipinski definition) is 3. The molecule has 6 nitrogen and oxygen atoms in total. The number of aromatic hydroxyl groups is 2. The average Bonchev–Trinajstić information content (AvgIpc) is 2.60. The normalized spacial score (nSPS) is 12.4. The number of rotatable bonds is 4. The molecule has 0 bridgehead atoms. The molecule has 0 heterocycles. The van der Waals surface area contributed by atoms with Crippen molar-refractivity contribution in [2.45, 2.75) is 26.1 Å². The summed E-state index contributed by atoms with van der Waals surface area (Å²) in [6.45, 7) is 2.63. The molecule has 1 atom stereocenters. The summed E-state index contributed by atoms with van der Waals surface area (Å²) in [4.78, 5) is 24.2. The Morgan fingerprint density at radius 3 is 2.39 bits per heavy atom. The zero-order chi connectivity index (χ0) is 21.2. The zero-order valence-corrected chi connectivity index (χ0v) is 15.4. The number of carbonyl (C=O) groups is 2. The van der Waals surface area contributed by atoms with Gasteiger partial charge in [-0.2, -0.15) is 13.2 Å². The third-order valence-electron chi connectivity index (χ3n) is 3.77. The number of benzene rings is 2. The molecule has 0 aliphatic carbocycles. The van der Waals surface area contributed by atoms with Crippen LogP contribution in [0.2, 0.25) is 5.02 Å². The van der Waals surface area contributed by atoms with E-state index in [0.29, 0.717) is 11.6 Å². The van der Waals surface area contributed by atoms with Crippen LogP contribution in [-0.2, 0) is 15.7 Å². The smallest absolute Gasteiger partial charge is 0.418 e. The van der Waals surface area contributed by atoms with Crippen molar-refractivity contribution in [3.63, 3.8) is 0 Å². The van der Waals surface area contributed by atoms with Crippen LogP contribution in [0, 0.1) is 6.92 Å². The number of phenols is 2. The van der Waals surface area contributed by atoms with Crippen LogP contribution >= 0.6 is 11.6 Å². The number of phenolic OH excluding ortho intramolecular Hbond substituents is 2. The van der Waals surface area contributed by atoms with E-state index in [4.69, 9.17) is 16.3 Å². The van der Waals surface area contributed by atoms with Crippen molar-refractivity contribution >= 4 is 29.2 Å². The number of ether oxygens (including phenoxy) is 1. The van der Waals surface area contributed by atoms with Crippen molar-refractivity contribution in [1.82, 2.24) is 0 Å². The second kappa shape index (κ2) is 7.97. The van der Waals surface area contributed by atoms with Crippen LogP contribution in [0.25, 0.3) is 0 Å². The van der Waals surface area contributed by atoms with Gasteiger partial charge in [-0.05, 0) is 43.7 Å². The number of amides is 1. The van der Waals surface area contributed by atoms with E-state index in [-0.39, 0.29) is 5.02 Å². The maximum atomic E-state index is 13.1. The van der Waals surface area contributed by atoms with Gasteiger partial charge in [0.2, 0.25) is 0 Å². The molecule has 0 radical (unpaired) electrons. The molecule has 150 valence electrons. The van der Waals surface area contributed by atoms with E-state index in [1.807, 2.05) is 5.32 Å². The fourth-order valence-electron chi connectivity index (χ4n) is 2.22. The maximum absolute atomic E-state index is 13.1. The van der Waals surface area contributed by atoms with Gasteiger partial charge in [0.05, 0.1) is 11.3 Å². The maximum Gasteiger partial charge on any atom is 0.418 e. The lowest BCUT2D eigenvalue weighted by Gasteiger charge is -2.17. The number of aryl methyl sites for hydroxylation is 1. The minimum Gasteiger partial charge on any atom is -0.504 e. The van der Waals surface area contributed by atoms with Gasteiger partial charge in [-0.1, -0.05) is 17.7 Å². The molecular weight excluding hydrogens is 403 g/mol. The molecule has 0 spiro atoms. The second-order valence-electron chi connectivity index (χ2n) is 5.85. The van der Waals surface area contributed by atoms with Gasteiger partial charge in [-0.25, -0.2) is 4.79 Å². The lowest BCUT2D eigenvalue weighted by atomic mass is 10.1. The summed E-state index contributed by atoms with van der Waals surface area (Å²) in [5, 5.41) is 21.3. The summed E-state index contributed by atoms with van der Waals surface area (Å²) >= 11 is 5.57. The number of anilines is 1. The Labute approximate surface area is 162 Å². The molecule has 2 rings (SSSR count). The molecule has 2 aromatic rings. The van der Waals surface area contributed by atoms with Crippen LogP contribution in [-0.4, -0.2) is 28.2 Å². The summed E-state index contributed by atoms with van der Waals surface area (Å²) in [5.74, 6) is -3.42. The van der Waals surface area contributed by atoms with Crippen molar-refractivity contribution in [2.75, 3.05) is 5.32 Å². The minimum atomic E-state index is -4.77. The van der Waals surface area contributed by atoms with Crippen molar-refractivity contribution in [3.8, 4) is 11.5 Å². The van der Waals surface area contributed by atoms with Gasteiger partial charge in [0.25, 0.3) is 5.91 Å². The minimum absolute atomic E-state index is 0.167. The number of carbonyl (C=O) groups excluding carboxylic acids is 2. The highest BCUT2D eigenvalue weighted by atomic mass is 35.5. The standard InChI is InChI=1S/C18H15ClF3NO5/c1-8-3-5-11(15(25)14(8)24)17(27)28-9(2)16(26)23-13-6-4-10(19)7-12(13)18(20,21)22/h3-7,9,24-25H,1-2H3,(H,23,26).